The van der Waals surface area contributed by atoms with Crippen LogP contribution in [0.15, 0.2) is 16.7 Å². The molecule has 0 aliphatic carbocycles. The largest absolute Gasteiger partial charge is 0.757 e. The molecule has 4 nitrogen and oxygen atoms in total. The van der Waals surface area contributed by atoms with Crippen LogP contribution in [0.25, 0.3) is 0 Å². The van der Waals surface area contributed by atoms with Crippen LogP contribution in [0.2, 0.25) is 0 Å². The summed E-state index contributed by atoms with van der Waals surface area (Å²) in [6, 6.07) is 0.529. The Bertz CT molecular complexity index is 352. The topological polar surface area (TPSA) is 59.4 Å². The lowest BCUT2D eigenvalue weighted by Crippen LogP contribution is -2.34. The molecular weight excluding hydrogens is 279 g/mol. The summed E-state index contributed by atoms with van der Waals surface area (Å²) in [4.78, 5) is 3.71. The Morgan fingerprint density at radius 3 is 2.88 bits per heavy atom. The first-order valence-corrected chi connectivity index (χ1v) is 5.77. The fourth-order valence-electron chi connectivity index (χ4n) is 1.36. The Labute approximate surface area is 102 Å². The van der Waals surface area contributed by atoms with Crippen LogP contribution < -0.4 is 5.06 Å². The highest BCUT2D eigenvalue weighted by Crippen LogP contribution is 2.22. The molecule has 0 aromatic carbocycles. The van der Waals surface area contributed by atoms with Gasteiger partial charge in [0.05, 0.1) is 6.61 Å². The predicted molar refractivity (Wildman–Crippen MR) is 63.5 cm³/mol. The van der Waals surface area contributed by atoms with Crippen LogP contribution >= 0.6 is 15.9 Å². The molecule has 0 spiro atoms. The third-order valence-corrected chi connectivity index (χ3v) is 2.60. The number of aliphatic hydroxyl groups is 1. The van der Waals surface area contributed by atoms with E-state index in [1.165, 1.54) is 12.3 Å². The summed E-state index contributed by atoms with van der Waals surface area (Å²) in [6.07, 6.45) is 2.59. The molecule has 1 aromatic rings. The number of aromatic nitrogens is 1. The Balaban J connectivity index is 2.89. The van der Waals surface area contributed by atoms with Gasteiger partial charge < -0.3 is 15.4 Å². The van der Waals surface area contributed by atoms with E-state index < -0.39 is 11.9 Å². The first-order chi connectivity index (χ1) is 7.60. The summed E-state index contributed by atoms with van der Waals surface area (Å²) in [6.45, 7) is 1.58. The van der Waals surface area contributed by atoms with Crippen molar-refractivity contribution in [2.75, 3.05) is 11.7 Å². The molecule has 6 heteroatoms. The van der Waals surface area contributed by atoms with Crippen LogP contribution in [0.3, 0.4) is 0 Å². The third kappa shape index (κ3) is 3.13. The molecule has 0 aliphatic rings. The fraction of sp³-hybridized carbons (Fsp3) is 0.500. The lowest BCUT2D eigenvalue weighted by Gasteiger charge is -2.37. The summed E-state index contributed by atoms with van der Waals surface area (Å²) >= 11 is 3.06. The van der Waals surface area contributed by atoms with E-state index >= 15 is 0 Å². The van der Waals surface area contributed by atoms with E-state index in [1.807, 2.05) is 6.92 Å². The standard InChI is InChI=1S/C10H13BrFN2O2/c1-2-3-8(6-15)14(16)10-9(12)4-7(11)5-13-10/h4-5,8,15H,2-3,6H2,1H3/q-1. The number of halogens is 2. The monoisotopic (exact) mass is 291 g/mol. The van der Waals surface area contributed by atoms with Crippen molar-refractivity contribution in [1.29, 1.82) is 0 Å². The van der Waals surface area contributed by atoms with Gasteiger partial charge in [-0.3, -0.25) is 0 Å². The molecule has 0 saturated carbocycles. The maximum atomic E-state index is 13.4. The molecule has 0 bridgehead atoms. The molecule has 0 amide bonds. The molecular formula is C10H13BrFN2O2-. The molecule has 1 unspecified atom stereocenters. The normalized spacial score (nSPS) is 12.6. The van der Waals surface area contributed by atoms with Crippen molar-refractivity contribution in [3.8, 4) is 0 Å². The Morgan fingerprint density at radius 2 is 2.38 bits per heavy atom. The maximum Gasteiger partial charge on any atom is 0.165 e. The zero-order valence-corrected chi connectivity index (χ0v) is 10.4. The summed E-state index contributed by atoms with van der Waals surface area (Å²) in [7, 11) is 0. The van der Waals surface area contributed by atoms with E-state index in [0.29, 0.717) is 16.0 Å². The van der Waals surface area contributed by atoms with Gasteiger partial charge in [-0.2, -0.15) is 0 Å². The molecule has 0 aliphatic heterocycles. The van der Waals surface area contributed by atoms with Crippen LogP contribution in [0.4, 0.5) is 10.2 Å². The zero-order valence-electron chi connectivity index (χ0n) is 8.86. The minimum absolute atomic E-state index is 0.282. The van der Waals surface area contributed by atoms with Crippen molar-refractivity contribution in [2.24, 2.45) is 0 Å². The van der Waals surface area contributed by atoms with Crippen LogP contribution in [0.5, 0.6) is 0 Å². The summed E-state index contributed by atoms with van der Waals surface area (Å²) in [5.74, 6) is -0.977. The Morgan fingerprint density at radius 1 is 1.69 bits per heavy atom. The number of hydrogen-bond acceptors (Lipinski definition) is 4. The van der Waals surface area contributed by atoms with Crippen LogP contribution in [0.1, 0.15) is 19.8 Å². The SMILES string of the molecule is CCCC(CO)N([O-])c1ncc(Br)cc1F. The van der Waals surface area contributed by atoms with Gasteiger partial charge in [0.25, 0.3) is 0 Å². The first-order valence-electron chi connectivity index (χ1n) is 4.98. The van der Waals surface area contributed by atoms with Gasteiger partial charge in [0, 0.05) is 16.7 Å². The van der Waals surface area contributed by atoms with E-state index in [4.69, 9.17) is 5.11 Å². The van der Waals surface area contributed by atoms with Crippen molar-refractivity contribution in [2.45, 2.75) is 25.8 Å². The van der Waals surface area contributed by atoms with Gasteiger partial charge in [-0.25, -0.2) is 9.37 Å². The van der Waals surface area contributed by atoms with Crippen LogP contribution in [-0.4, -0.2) is 22.7 Å². The van der Waals surface area contributed by atoms with Gasteiger partial charge in [0.15, 0.2) is 11.6 Å². The second kappa shape index (κ2) is 6.12. The number of pyridine rings is 1. The smallest absolute Gasteiger partial charge is 0.165 e. The number of nitrogens with zero attached hydrogens (tertiary/aromatic N) is 2. The van der Waals surface area contributed by atoms with Crippen molar-refractivity contribution >= 4 is 21.7 Å². The van der Waals surface area contributed by atoms with E-state index in [1.54, 1.807) is 0 Å². The predicted octanol–water partition coefficient (Wildman–Crippen LogP) is 2.45. The second-order valence-corrected chi connectivity index (χ2v) is 4.33. The van der Waals surface area contributed by atoms with E-state index in [0.717, 1.165) is 6.42 Å². The fourth-order valence-corrected chi connectivity index (χ4v) is 1.66. The van der Waals surface area contributed by atoms with E-state index in [9.17, 15) is 9.60 Å². The number of hydrogen-bond donors (Lipinski definition) is 1. The van der Waals surface area contributed by atoms with Gasteiger partial charge in [-0.15, -0.1) is 0 Å². The number of hydroxylamine groups is 1. The highest BCUT2D eigenvalue weighted by atomic mass is 79.9. The van der Waals surface area contributed by atoms with Gasteiger partial charge >= 0.3 is 0 Å². The highest BCUT2D eigenvalue weighted by molar-refractivity contribution is 9.10. The molecule has 1 N–H and O–H groups in total. The molecule has 0 fully saturated rings. The molecule has 16 heavy (non-hydrogen) atoms. The van der Waals surface area contributed by atoms with Crippen LogP contribution in [-0.2, 0) is 0 Å². The minimum Gasteiger partial charge on any atom is -0.757 e. The third-order valence-electron chi connectivity index (χ3n) is 2.16. The van der Waals surface area contributed by atoms with Gasteiger partial charge in [0.1, 0.15) is 0 Å². The van der Waals surface area contributed by atoms with Crippen molar-refractivity contribution in [1.82, 2.24) is 4.98 Å². The molecule has 1 rings (SSSR count). The van der Waals surface area contributed by atoms with Crippen molar-refractivity contribution < 1.29 is 9.50 Å². The molecule has 90 valence electrons. The Hall–Kier alpha value is -0.720. The van der Waals surface area contributed by atoms with Crippen molar-refractivity contribution in [3.05, 3.63) is 27.8 Å². The maximum absolute atomic E-state index is 13.4. The van der Waals surface area contributed by atoms with Gasteiger partial charge in [0.2, 0.25) is 0 Å². The average Bonchev–Trinajstić information content (AvgIpc) is 2.25. The number of anilines is 1. The van der Waals surface area contributed by atoms with E-state index in [2.05, 4.69) is 20.9 Å². The van der Waals surface area contributed by atoms with Gasteiger partial charge in [-0.05, 0) is 28.4 Å². The van der Waals surface area contributed by atoms with Gasteiger partial charge in [-0.1, -0.05) is 13.3 Å². The van der Waals surface area contributed by atoms with E-state index in [-0.39, 0.29) is 12.4 Å². The molecule has 0 radical (unpaired) electrons. The molecule has 0 saturated heterocycles. The zero-order chi connectivity index (χ0) is 12.1. The highest BCUT2D eigenvalue weighted by Gasteiger charge is 2.14. The second-order valence-electron chi connectivity index (χ2n) is 3.41. The molecule has 1 aromatic heterocycles. The number of aliphatic hydroxyl groups excluding tert-OH is 1. The lowest BCUT2D eigenvalue weighted by atomic mass is 10.2. The van der Waals surface area contributed by atoms with Crippen molar-refractivity contribution in [3.63, 3.8) is 0 Å². The Kier molecular flexibility index (Phi) is 5.11. The van der Waals surface area contributed by atoms with Crippen LogP contribution in [0, 0.1) is 11.0 Å². The first kappa shape index (κ1) is 13.3. The summed E-state index contributed by atoms with van der Waals surface area (Å²) < 4.78 is 13.9. The quantitative estimate of drug-likeness (QED) is 0.847. The number of rotatable bonds is 5. The summed E-state index contributed by atoms with van der Waals surface area (Å²) in [5, 5.41) is 21.2. The molecule has 1 atom stereocenters. The summed E-state index contributed by atoms with van der Waals surface area (Å²) in [5.41, 5.74) is 0. The minimum atomic E-state index is -0.695. The lowest BCUT2D eigenvalue weighted by molar-refractivity contribution is 0.257. The average molecular weight is 292 g/mol. The molecule has 1 heterocycles.